The van der Waals surface area contributed by atoms with Crippen LogP contribution in [0.4, 0.5) is 24.7 Å². The highest BCUT2D eigenvalue weighted by atomic mass is 32.2. The Kier molecular flexibility index (Phi) is 5.88. The number of H-pyrrole nitrogens is 1. The zero-order valence-corrected chi connectivity index (χ0v) is 16.9. The van der Waals surface area contributed by atoms with E-state index in [0.29, 0.717) is 42.3 Å². The molecule has 1 unspecified atom stereocenters. The largest absolute Gasteiger partial charge is 0.446 e. The van der Waals surface area contributed by atoms with Crippen molar-refractivity contribution >= 4 is 29.2 Å². The molecule has 3 aromatic rings. The summed E-state index contributed by atoms with van der Waals surface area (Å²) in [5, 5.41) is 19.3. The van der Waals surface area contributed by atoms with Gasteiger partial charge in [0.1, 0.15) is 5.82 Å². The van der Waals surface area contributed by atoms with Gasteiger partial charge in [0.2, 0.25) is 0 Å². The molecule has 31 heavy (non-hydrogen) atoms. The van der Waals surface area contributed by atoms with Crippen molar-refractivity contribution < 1.29 is 23.1 Å². The molecule has 0 saturated carbocycles. The number of aliphatic hydroxyl groups excluding tert-OH is 1. The van der Waals surface area contributed by atoms with Gasteiger partial charge in [-0.15, -0.1) is 0 Å². The summed E-state index contributed by atoms with van der Waals surface area (Å²) in [4.78, 5) is 19.1. The first kappa shape index (κ1) is 21.2. The first-order chi connectivity index (χ1) is 14.8. The quantitative estimate of drug-likeness (QED) is 0.512. The molecule has 0 radical (unpaired) electrons. The van der Waals surface area contributed by atoms with Gasteiger partial charge in [0.15, 0.2) is 0 Å². The van der Waals surface area contributed by atoms with E-state index in [4.69, 9.17) is 0 Å². The second kappa shape index (κ2) is 8.60. The van der Waals surface area contributed by atoms with Crippen LogP contribution in [0.25, 0.3) is 11.3 Å². The molecular weight excluding hydrogens is 431 g/mol. The Bertz CT molecular complexity index is 1060. The van der Waals surface area contributed by atoms with Gasteiger partial charge in [0.25, 0.3) is 5.91 Å². The number of carbonyl (C=O) groups excluding carboxylic acids is 1. The minimum absolute atomic E-state index is 0.0332. The molecule has 0 spiro atoms. The van der Waals surface area contributed by atoms with Crippen LogP contribution >= 0.6 is 11.8 Å². The number of anilines is 2. The van der Waals surface area contributed by atoms with E-state index >= 15 is 0 Å². The fourth-order valence-electron chi connectivity index (χ4n) is 3.32. The molecule has 1 fully saturated rings. The number of β-amino-alcohol motifs (C(OH)–C–C–N with tert-alkyl or cyclic N) is 1. The topological polar surface area (TPSA) is 94.1 Å². The van der Waals surface area contributed by atoms with Crippen molar-refractivity contribution in [3.05, 3.63) is 54.4 Å². The first-order valence-electron chi connectivity index (χ1n) is 9.38. The third-order valence-electron chi connectivity index (χ3n) is 4.73. The number of rotatable bonds is 5. The maximum atomic E-state index is 12.7. The smallest absolute Gasteiger partial charge is 0.391 e. The van der Waals surface area contributed by atoms with Crippen LogP contribution in [0.15, 0.2) is 53.7 Å². The van der Waals surface area contributed by atoms with Crippen molar-refractivity contribution in [2.45, 2.75) is 22.9 Å². The summed E-state index contributed by atoms with van der Waals surface area (Å²) >= 11 is -0.216. The number of halogens is 3. The highest BCUT2D eigenvalue weighted by Gasteiger charge is 2.29. The highest BCUT2D eigenvalue weighted by molar-refractivity contribution is 8.00. The van der Waals surface area contributed by atoms with Gasteiger partial charge in [0, 0.05) is 41.6 Å². The second-order valence-corrected chi connectivity index (χ2v) is 8.12. The Morgan fingerprint density at radius 3 is 2.65 bits per heavy atom. The van der Waals surface area contributed by atoms with E-state index < -0.39 is 17.5 Å². The van der Waals surface area contributed by atoms with Gasteiger partial charge in [-0.25, -0.2) is 4.98 Å². The third kappa shape index (κ3) is 5.17. The van der Waals surface area contributed by atoms with Crippen molar-refractivity contribution in [1.29, 1.82) is 0 Å². The van der Waals surface area contributed by atoms with Crippen molar-refractivity contribution in [3.63, 3.8) is 0 Å². The van der Waals surface area contributed by atoms with Crippen molar-refractivity contribution in [1.82, 2.24) is 15.2 Å². The number of benzene rings is 1. The molecule has 1 aromatic carbocycles. The van der Waals surface area contributed by atoms with Crippen LogP contribution in [0.3, 0.4) is 0 Å². The number of nitrogens with one attached hydrogen (secondary N) is 2. The van der Waals surface area contributed by atoms with Crippen molar-refractivity contribution in [2.24, 2.45) is 0 Å². The van der Waals surface area contributed by atoms with Crippen LogP contribution < -0.4 is 10.2 Å². The van der Waals surface area contributed by atoms with Gasteiger partial charge in [-0.3, -0.25) is 9.89 Å². The molecule has 7 nitrogen and oxygen atoms in total. The fraction of sp³-hybridized carbons (Fsp3) is 0.250. The second-order valence-electron chi connectivity index (χ2n) is 6.98. The molecule has 2 aromatic heterocycles. The Hall–Kier alpha value is -3.05. The number of pyridine rings is 1. The molecule has 3 heterocycles. The number of alkyl halides is 3. The van der Waals surface area contributed by atoms with E-state index in [2.05, 4.69) is 20.5 Å². The van der Waals surface area contributed by atoms with Crippen LogP contribution in [0.1, 0.15) is 16.8 Å². The van der Waals surface area contributed by atoms with Crippen LogP contribution in [0.2, 0.25) is 0 Å². The van der Waals surface area contributed by atoms with E-state index in [0.717, 1.165) is 0 Å². The van der Waals surface area contributed by atoms with E-state index in [1.807, 2.05) is 4.90 Å². The predicted molar refractivity (Wildman–Crippen MR) is 111 cm³/mol. The summed E-state index contributed by atoms with van der Waals surface area (Å²) in [7, 11) is 0. The number of amides is 1. The Morgan fingerprint density at radius 1 is 1.26 bits per heavy atom. The van der Waals surface area contributed by atoms with E-state index in [9.17, 15) is 23.1 Å². The van der Waals surface area contributed by atoms with Crippen LogP contribution in [0.5, 0.6) is 0 Å². The zero-order chi connectivity index (χ0) is 22.0. The molecule has 1 atom stereocenters. The van der Waals surface area contributed by atoms with Gasteiger partial charge >= 0.3 is 5.51 Å². The maximum Gasteiger partial charge on any atom is 0.446 e. The average molecular weight is 449 g/mol. The summed E-state index contributed by atoms with van der Waals surface area (Å²) in [5.74, 6) is 0.184. The molecule has 1 aliphatic heterocycles. The summed E-state index contributed by atoms with van der Waals surface area (Å²) in [5.41, 5.74) is -2.39. The van der Waals surface area contributed by atoms with Gasteiger partial charge in [-0.05, 0) is 54.6 Å². The number of hydrogen-bond donors (Lipinski definition) is 3. The molecule has 11 heteroatoms. The number of nitrogens with zero attached hydrogens (tertiary/aromatic N) is 3. The number of thioether (sulfide) groups is 1. The number of hydrogen-bond acceptors (Lipinski definition) is 6. The summed E-state index contributed by atoms with van der Waals surface area (Å²) < 4.78 is 37.4. The zero-order valence-electron chi connectivity index (χ0n) is 16.1. The summed E-state index contributed by atoms with van der Waals surface area (Å²) in [6.07, 6.45) is 3.22. The number of aliphatic hydroxyl groups is 1. The fourth-order valence-corrected chi connectivity index (χ4v) is 3.85. The standard InChI is InChI=1S/C20H18F3N5O2S/c21-20(22,23)31-15-3-1-13(2-4-15)26-19(30)12-9-16(17-5-7-25-27-17)18(24-10-12)28-8-6-14(29)11-28/h1-5,7,9-10,14,29H,6,8,11H2,(H,25,27)(H,26,30). The molecule has 0 aliphatic carbocycles. The Balaban J connectivity index is 1.55. The van der Waals surface area contributed by atoms with E-state index in [1.165, 1.54) is 30.5 Å². The lowest BCUT2D eigenvalue weighted by Gasteiger charge is -2.20. The van der Waals surface area contributed by atoms with Crippen LogP contribution in [-0.4, -0.2) is 50.9 Å². The molecule has 0 bridgehead atoms. The number of aromatic amines is 1. The Morgan fingerprint density at radius 2 is 2.03 bits per heavy atom. The van der Waals surface area contributed by atoms with Crippen LogP contribution in [-0.2, 0) is 0 Å². The predicted octanol–water partition coefficient (Wildman–Crippen LogP) is 3.91. The molecule has 1 aliphatic rings. The van der Waals surface area contributed by atoms with Gasteiger partial charge in [0.05, 0.1) is 17.4 Å². The molecular formula is C20H18F3N5O2S. The van der Waals surface area contributed by atoms with Gasteiger partial charge in [-0.1, -0.05) is 0 Å². The average Bonchev–Trinajstić information content (AvgIpc) is 3.40. The first-order valence-corrected chi connectivity index (χ1v) is 10.2. The molecule has 3 N–H and O–H groups in total. The monoisotopic (exact) mass is 449 g/mol. The summed E-state index contributed by atoms with van der Waals surface area (Å²) in [6.45, 7) is 1.09. The van der Waals surface area contributed by atoms with E-state index in [1.54, 1.807) is 18.3 Å². The lowest BCUT2D eigenvalue weighted by molar-refractivity contribution is -0.0328. The van der Waals surface area contributed by atoms with E-state index in [-0.39, 0.29) is 22.2 Å². The molecule has 162 valence electrons. The number of carbonyl (C=O) groups is 1. The van der Waals surface area contributed by atoms with Crippen LogP contribution in [0, 0.1) is 0 Å². The van der Waals surface area contributed by atoms with Crippen molar-refractivity contribution in [2.75, 3.05) is 23.3 Å². The molecule has 1 amide bonds. The Labute approximate surface area is 179 Å². The maximum absolute atomic E-state index is 12.7. The number of aromatic nitrogens is 3. The molecule has 1 saturated heterocycles. The summed E-state index contributed by atoms with van der Waals surface area (Å²) in [6, 6.07) is 8.84. The normalized spacial score (nSPS) is 16.5. The van der Waals surface area contributed by atoms with Gasteiger partial charge in [-0.2, -0.15) is 18.3 Å². The van der Waals surface area contributed by atoms with Crippen molar-refractivity contribution in [3.8, 4) is 11.3 Å². The molecule has 4 rings (SSSR count). The SMILES string of the molecule is O=C(Nc1ccc(SC(F)(F)F)cc1)c1cnc(N2CCC(O)C2)c(-c2ccn[nH]2)c1. The minimum atomic E-state index is -4.37. The lowest BCUT2D eigenvalue weighted by Crippen LogP contribution is -2.23. The minimum Gasteiger partial charge on any atom is -0.391 e. The lowest BCUT2D eigenvalue weighted by atomic mass is 10.1. The third-order valence-corrected chi connectivity index (χ3v) is 5.47. The highest BCUT2D eigenvalue weighted by Crippen LogP contribution is 2.37. The van der Waals surface area contributed by atoms with Gasteiger partial charge < -0.3 is 15.3 Å².